The number of hydrogen-bond acceptors (Lipinski definition) is 4. The molecule has 1 fully saturated rings. The summed E-state index contributed by atoms with van der Waals surface area (Å²) in [6.07, 6.45) is 1.42. The van der Waals surface area contributed by atoms with Crippen LogP contribution in [0.3, 0.4) is 0 Å². The van der Waals surface area contributed by atoms with E-state index in [4.69, 9.17) is 0 Å². The fraction of sp³-hybridized carbons (Fsp3) is 0.667. The molecule has 2 heterocycles. The molecule has 1 amide bonds. The summed E-state index contributed by atoms with van der Waals surface area (Å²) in [7, 11) is 0. The van der Waals surface area contributed by atoms with Gasteiger partial charge < -0.3 is 15.7 Å². The van der Waals surface area contributed by atoms with Crippen molar-refractivity contribution in [3.05, 3.63) is 18.0 Å². The van der Waals surface area contributed by atoms with E-state index in [-0.39, 0.29) is 24.0 Å². The quantitative estimate of drug-likeness (QED) is 0.692. The Bertz CT molecular complexity index is 416. The van der Waals surface area contributed by atoms with Gasteiger partial charge in [0.15, 0.2) is 0 Å². The molecule has 18 heavy (non-hydrogen) atoms. The van der Waals surface area contributed by atoms with Crippen LogP contribution in [0.5, 0.6) is 0 Å². The Kier molecular flexibility index (Phi) is 3.98. The molecule has 1 aromatic heterocycles. The highest BCUT2D eigenvalue weighted by Gasteiger charge is 2.25. The summed E-state index contributed by atoms with van der Waals surface area (Å²) in [6.45, 7) is 5.83. The van der Waals surface area contributed by atoms with Crippen LogP contribution >= 0.6 is 0 Å². The first-order chi connectivity index (χ1) is 8.58. The van der Waals surface area contributed by atoms with Crippen molar-refractivity contribution in [3.63, 3.8) is 0 Å². The number of amides is 1. The summed E-state index contributed by atoms with van der Waals surface area (Å²) in [5.41, 5.74) is 0.421. The molecule has 2 rings (SSSR count). The van der Waals surface area contributed by atoms with Gasteiger partial charge in [-0.1, -0.05) is 0 Å². The average molecular weight is 252 g/mol. The van der Waals surface area contributed by atoms with Crippen molar-refractivity contribution in [2.24, 2.45) is 5.92 Å². The first-order valence-electron chi connectivity index (χ1n) is 6.30. The van der Waals surface area contributed by atoms with E-state index < -0.39 is 0 Å². The molecule has 1 aliphatic rings. The minimum absolute atomic E-state index is 0.0844. The Labute approximate surface area is 106 Å². The van der Waals surface area contributed by atoms with Crippen LogP contribution in [-0.2, 0) is 0 Å². The zero-order valence-electron chi connectivity index (χ0n) is 10.8. The van der Waals surface area contributed by atoms with Gasteiger partial charge in [-0.05, 0) is 19.9 Å². The van der Waals surface area contributed by atoms with Gasteiger partial charge in [0.25, 0.3) is 5.91 Å². The molecule has 0 radical (unpaired) electrons. The third kappa shape index (κ3) is 2.88. The van der Waals surface area contributed by atoms with Crippen LogP contribution < -0.4 is 10.6 Å². The first-order valence-corrected chi connectivity index (χ1v) is 6.30. The molecule has 1 aliphatic heterocycles. The number of β-amino-alcohol motifs (C(OH)–C–C–N with tert-alkyl or cyclic N) is 1. The summed E-state index contributed by atoms with van der Waals surface area (Å²) in [5.74, 6) is -0.102. The lowest BCUT2D eigenvalue weighted by molar-refractivity contribution is 0.0921. The molecule has 1 saturated heterocycles. The third-order valence-corrected chi connectivity index (χ3v) is 3.20. The van der Waals surface area contributed by atoms with Gasteiger partial charge in [0.1, 0.15) is 5.69 Å². The molecule has 1 aromatic rings. The van der Waals surface area contributed by atoms with Gasteiger partial charge in [0, 0.05) is 37.8 Å². The number of aliphatic hydroxyl groups is 1. The van der Waals surface area contributed by atoms with Crippen LogP contribution in [0.1, 0.15) is 30.4 Å². The molecule has 6 heteroatoms. The number of rotatable bonds is 4. The van der Waals surface area contributed by atoms with Gasteiger partial charge >= 0.3 is 0 Å². The second-order valence-electron chi connectivity index (χ2n) is 4.97. The smallest absolute Gasteiger partial charge is 0.271 e. The molecule has 0 aliphatic carbocycles. The Balaban J connectivity index is 1.87. The molecule has 2 atom stereocenters. The summed E-state index contributed by atoms with van der Waals surface area (Å²) in [4.78, 5) is 11.9. The molecular formula is C12H20N4O2. The van der Waals surface area contributed by atoms with Crippen molar-refractivity contribution in [1.82, 2.24) is 20.4 Å². The second kappa shape index (κ2) is 5.49. The van der Waals surface area contributed by atoms with Crippen molar-refractivity contribution < 1.29 is 9.90 Å². The molecular weight excluding hydrogens is 232 g/mol. The second-order valence-corrected chi connectivity index (χ2v) is 4.97. The number of aromatic nitrogens is 2. The van der Waals surface area contributed by atoms with Crippen LogP contribution in [0.4, 0.5) is 0 Å². The minimum atomic E-state index is -0.376. The summed E-state index contributed by atoms with van der Waals surface area (Å²) >= 11 is 0. The van der Waals surface area contributed by atoms with Gasteiger partial charge in [-0.2, -0.15) is 5.10 Å². The van der Waals surface area contributed by atoms with Crippen LogP contribution in [-0.4, -0.2) is 46.5 Å². The highest BCUT2D eigenvalue weighted by molar-refractivity contribution is 5.92. The highest BCUT2D eigenvalue weighted by Crippen LogP contribution is 2.08. The summed E-state index contributed by atoms with van der Waals surface area (Å²) in [5, 5.41) is 19.7. The molecule has 0 aromatic carbocycles. The zero-order chi connectivity index (χ0) is 13.1. The monoisotopic (exact) mass is 252 g/mol. The normalized spacial score (nSPS) is 23.6. The Morgan fingerprint density at radius 3 is 3.00 bits per heavy atom. The highest BCUT2D eigenvalue weighted by atomic mass is 16.3. The first kappa shape index (κ1) is 13.0. The van der Waals surface area contributed by atoms with Crippen LogP contribution in [0.25, 0.3) is 0 Å². The zero-order valence-corrected chi connectivity index (χ0v) is 10.8. The molecule has 0 saturated carbocycles. The van der Waals surface area contributed by atoms with Crippen LogP contribution in [0.15, 0.2) is 12.3 Å². The molecule has 3 N–H and O–H groups in total. The SMILES string of the molecule is CC(C)n1ccc(C(=O)NCC2CNCC2O)n1. The predicted molar refractivity (Wildman–Crippen MR) is 67.3 cm³/mol. The predicted octanol–water partition coefficient (Wildman–Crippen LogP) is -0.226. The number of hydrogen-bond donors (Lipinski definition) is 3. The van der Waals surface area contributed by atoms with E-state index in [1.165, 1.54) is 0 Å². The lowest BCUT2D eigenvalue weighted by Gasteiger charge is -2.13. The third-order valence-electron chi connectivity index (χ3n) is 3.20. The lowest BCUT2D eigenvalue weighted by atomic mass is 10.1. The largest absolute Gasteiger partial charge is 0.391 e. The molecule has 2 unspecified atom stereocenters. The number of carbonyl (C=O) groups is 1. The van der Waals surface area contributed by atoms with Gasteiger partial charge in [0.05, 0.1) is 6.10 Å². The number of carbonyl (C=O) groups excluding carboxylic acids is 1. The lowest BCUT2D eigenvalue weighted by Crippen LogP contribution is -2.34. The van der Waals surface area contributed by atoms with Crippen molar-refractivity contribution >= 4 is 5.91 Å². The van der Waals surface area contributed by atoms with Gasteiger partial charge in [-0.3, -0.25) is 9.48 Å². The number of aliphatic hydroxyl groups excluding tert-OH is 1. The van der Waals surface area contributed by atoms with Crippen LogP contribution in [0, 0.1) is 5.92 Å². The molecule has 6 nitrogen and oxygen atoms in total. The fourth-order valence-electron chi connectivity index (χ4n) is 1.99. The Hall–Kier alpha value is -1.40. The van der Waals surface area contributed by atoms with Gasteiger partial charge in [0.2, 0.25) is 0 Å². The fourth-order valence-corrected chi connectivity index (χ4v) is 1.99. The molecule has 0 bridgehead atoms. The maximum absolute atomic E-state index is 11.9. The Morgan fingerprint density at radius 2 is 2.44 bits per heavy atom. The van der Waals surface area contributed by atoms with E-state index in [9.17, 15) is 9.90 Å². The van der Waals surface area contributed by atoms with Crippen molar-refractivity contribution in [2.75, 3.05) is 19.6 Å². The maximum Gasteiger partial charge on any atom is 0.271 e. The standard InChI is InChI=1S/C12H20N4O2/c1-8(2)16-4-3-10(15-16)12(18)14-6-9-5-13-7-11(9)17/h3-4,8-9,11,13,17H,5-7H2,1-2H3,(H,14,18). The van der Waals surface area contributed by atoms with E-state index in [1.54, 1.807) is 16.9 Å². The average Bonchev–Trinajstić information content (AvgIpc) is 2.94. The number of nitrogens with zero attached hydrogens (tertiary/aromatic N) is 2. The summed E-state index contributed by atoms with van der Waals surface area (Å²) < 4.78 is 1.75. The van der Waals surface area contributed by atoms with Crippen molar-refractivity contribution in [2.45, 2.75) is 26.0 Å². The van der Waals surface area contributed by atoms with E-state index in [0.29, 0.717) is 18.8 Å². The minimum Gasteiger partial charge on any atom is -0.391 e. The maximum atomic E-state index is 11.9. The van der Waals surface area contributed by atoms with Gasteiger partial charge in [-0.25, -0.2) is 0 Å². The van der Waals surface area contributed by atoms with Crippen molar-refractivity contribution in [3.8, 4) is 0 Å². The molecule has 0 spiro atoms. The van der Waals surface area contributed by atoms with E-state index in [1.807, 2.05) is 13.8 Å². The van der Waals surface area contributed by atoms with E-state index in [0.717, 1.165) is 6.54 Å². The summed E-state index contributed by atoms with van der Waals surface area (Å²) in [6, 6.07) is 1.95. The van der Waals surface area contributed by atoms with E-state index in [2.05, 4.69) is 15.7 Å². The van der Waals surface area contributed by atoms with E-state index >= 15 is 0 Å². The molecule has 100 valence electrons. The number of nitrogens with one attached hydrogen (secondary N) is 2. The Morgan fingerprint density at radius 1 is 1.67 bits per heavy atom. The van der Waals surface area contributed by atoms with Crippen LogP contribution in [0.2, 0.25) is 0 Å². The topological polar surface area (TPSA) is 79.2 Å². The van der Waals surface area contributed by atoms with Crippen molar-refractivity contribution in [1.29, 1.82) is 0 Å². The van der Waals surface area contributed by atoms with Gasteiger partial charge in [-0.15, -0.1) is 0 Å².